The van der Waals surface area contributed by atoms with Crippen LogP contribution >= 0.6 is 0 Å². The van der Waals surface area contributed by atoms with Crippen LogP contribution in [0.1, 0.15) is 0 Å². The smallest absolute Gasteiger partial charge is 0.0935 e. The van der Waals surface area contributed by atoms with Gasteiger partial charge in [-0.25, -0.2) is 0 Å². The zero-order chi connectivity index (χ0) is 8.36. The van der Waals surface area contributed by atoms with E-state index < -0.39 is 0 Å². The van der Waals surface area contributed by atoms with E-state index in [-0.39, 0.29) is 6.61 Å². The first-order valence-electron chi connectivity index (χ1n) is 3.73. The lowest BCUT2D eigenvalue weighted by Crippen LogP contribution is -2.30. The van der Waals surface area contributed by atoms with Crippen LogP contribution in [0.3, 0.4) is 0 Å². The molecule has 0 spiro atoms. The van der Waals surface area contributed by atoms with Crippen molar-refractivity contribution in [3.63, 3.8) is 0 Å². The molecular formula is C6H15N3O2. The van der Waals surface area contributed by atoms with E-state index in [0.717, 1.165) is 13.1 Å². The van der Waals surface area contributed by atoms with Crippen molar-refractivity contribution < 1.29 is 5.11 Å². The summed E-state index contributed by atoms with van der Waals surface area (Å²) in [4.78, 5) is 9.60. The quantitative estimate of drug-likeness (QED) is 0.313. The maximum Gasteiger partial charge on any atom is 0.0935 e. The van der Waals surface area contributed by atoms with Crippen molar-refractivity contribution in [1.29, 1.82) is 0 Å². The number of nitrogens with one attached hydrogen (secondary N) is 2. The molecule has 0 atom stereocenters. The highest BCUT2D eigenvalue weighted by Gasteiger charge is 1.86. The molecular weight excluding hydrogens is 146 g/mol. The Morgan fingerprint density at radius 2 is 1.73 bits per heavy atom. The van der Waals surface area contributed by atoms with E-state index in [1.165, 1.54) is 0 Å². The van der Waals surface area contributed by atoms with Crippen molar-refractivity contribution in [3.8, 4) is 0 Å². The molecule has 0 bridgehead atoms. The zero-order valence-corrected chi connectivity index (χ0v) is 6.55. The largest absolute Gasteiger partial charge is 0.395 e. The highest BCUT2D eigenvalue weighted by molar-refractivity contribution is 4.52. The normalized spacial score (nSPS) is 9.91. The maximum atomic E-state index is 9.60. The maximum absolute atomic E-state index is 9.60. The SMILES string of the molecule is O=NCCNCCNCCO. The molecule has 0 aromatic rings. The van der Waals surface area contributed by atoms with E-state index in [2.05, 4.69) is 15.8 Å². The fourth-order valence-corrected chi connectivity index (χ4v) is 0.631. The molecule has 0 radical (unpaired) electrons. The molecule has 5 heteroatoms. The fourth-order valence-electron chi connectivity index (χ4n) is 0.631. The number of aliphatic hydroxyl groups is 1. The van der Waals surface area contributed by atoms with Gasteiger partial charge in [0, 0.05) is 26.2 Å². The Morgan fingerprint density at radius 1 is 1.09 bits per heavy atom. The van der Waals surface area contributed by atoms with Crippen molar-refractivity contribution in [2.24, 2.45) is 5.18 Å². The molecule has 66 valence electrons. The molecule has 0 aromatic heterocycles. The average Bonchev–Trinajstić information content (AvgIpc) is 2.03. The zero-order valence-electron chi connectivity index (χ0n) is 6.55. The first-order valence-corrected chi connectivity index (χ1v) is 3.73. The minimum Gasteiger partial charge on any atom is -0.395 e. The summed E-state index contributed by atoms with van der Waals surface area (Å²) in [7, 11) is 0. The van der Waals surface area contributed by atoms with Gasteiger partial charge in [0.05, 0.1) is 13.2 Å². The van der Waals surface area contributed by atoms with E-state index in [9.17, 15) is 4.91 Å². The third kappa shape index (κ3) is 9.48. The molecule has 0 amide bonds. The molecule has 0 unspecified atom stereocenters. The summed E-state index contributed by atoms with van der Waals surface area (Å²) in [6.45, 7) is 3.34. The molecule has 0 heterocycles. The van der Waals surface area contributed by atoms with Crippen LogP contribution in [0.4, 0.5) is 0 Å². The minimum absolute atomic E-state index is 0.163. The first-order chi connectivity index (χ1) is 5.41. The number of rotatable bonds is 8. The van der Waals surface area contributed by atoms with Crippen LogP contribution in [0.15, 0.2) is 5.18 Å². The highest BCUT2D eigenvalue weighted by atomic mass is 16.3. The van der Waals surface area contributed by atoms with Gasteiger partial charge < -0.3 is 15.7 Å². The molecule has 0 aliphatic carbocycles. The van der Waals surface area contributed by atoms with Crippen molar-refractivity contribution in [1.82, 2.24) is 10.6 Å². The minimum atomic E-state index is 0.163. The number of nitroso groups, excluding NO2 is 1. The van der Waals surface area contributed by atoms with Crippen LogP contribution in [0.2, 0.25) is 0 Å². The van der Waals surface area contributed by atoms with Crippen LogP contribution in [0.25, 0.3) is 0 Å². The van der Waals surface area contributed by atoms with Crippen molar-refractivity contribution in [2.45, 2.75) is 0 Å². The second-order valence-electron chi connectivity index (χ2n) is 2.08. The first kappa shape index (κ1) is 10.5. The Balaban J connectivity index is 2.74. The molecule has 0 aromatic carbocycles. The number of hydrogen-bond acceptors (Lipinski definition) is 5. The summed E-state index contributed by atoms with van der Waals surface area (Å²) < 4.78 is 0. The molecule has 0 saturated carbocycles. The van der Waals surface area contributed by atoms with Crippen LogP contribution in [0, 0.1) is 4.91 Å². The standard InChI is InChI=1S/C6H15N3O2/c10-6-5-8-2-1-7-3-4-9-11/h7-8,10H,1-6H2. The number of aliphatic hydroxyl groups excluding tert-OH is 1. The summed E-state index contributed by atoms with van der Waals surface area (Å²) in [5, 5.41) is 17.1. The Bertz CT molecular complexity index is 89.9. The van der Waals surface area contributed by atoms with Gasteiger partial charge in [-0.1, -0.05) is 5.18 Å². The third-order valence-electron chi connectivity index (χ3n) is 1.15. The lowest BCUT2D eigenvalue weighted by atomic mass is 10.5. The second kappa shape index (κ2) is 9.48. The van der Waals surface area contributed by atoms with E-state index in [4.69, 9.17) is 5.11 Å². The van der Waals surface area contributed by atoms with Crippen LogP contribution in [-0.4, -0.2) is 44.4 Å². The molecule has 0 aliphatic rings. The lowest BCUT2D eigenvalue weighted by molar-refractivity contribution is 0.292. The Morgan fingerprint density at radius 3 is 2.27 bits per heavy atom. The van der Waals surface area contributed by atoms with Gasteiger partial charge in [-0.3, -0.25) is 0 Å². The monoisotopic (exact) mass is 161 g/mol. The molecule has 11 heavy (non-hydrogen) atoms. The van der Waals surface area contributed by atoms with Gasteiger partial charge in [-0.15, -0.1) is 0 Å². The number of hydrogen-bond donors (Lipinski definition) is 3. The average molecular weight is 161 g/mol. The second-order valence-corrected chi connectivity index (χ2v) is 2.08. The topological polar surface area (TPSA) is 73.7 Å². The molecule has 0 saturated heterocycles. The van der Waals surface area contributed by atoms with Gasteiger partial charge in [0.2, 0.25) is 0 Å². The summed E-state index contributed by atoms with van der Waals surface area (Å²) in [5.41, 5.74) is 0. The lowest BCUT2D eigenvalue weighted by Gasteiger charge is -2.02. The third-order valence-corrected chi connectivity index (χ3v) is 1.15. The van der Waals surface area contributed by atoms with Gasteiger partial charge in [-0.2, -0.15) is 4.91 Å². The predicted molar refractivity (Wildman–Crippen MR) is 43.5 cm³/mol. The van der Waals surface area contributed by atoms with Crippen LogP contribution in [0.5, 0.6) is 0 Å². The van der Waals surface area contributed by atoms with E-state index >= 15 is 0 Å². The molecule has 0 aliphatic heterocycles. The molecule has 3 N–H and O–H groups in total. The van der Waals surface area contributed by atoms with Gasteiger partial charge >= 0.3 is 0 Å². The van der Waals surface area contributed by atoms with Gasteiger partial charge in [0.25, 0.3) is 0 Å². The summed E-state index contributed by atoms with van der Waals surface area (Å²) in [5.74, 6) is 0. The summed E-state index contributed by atoms with van der Waals surface area (Å²) in [6, 6.07) is 0. The summed E-state index contributed by atoms with van der Waals surface area (Å²) >= 11 is 0. The Kier molecular flexibility index (Phi) is 9.03. The van der Waals surface area contributed by atoms with E-state index in [1.807, 2.05) is 0 Å². The Labute approximate surface area is 66.2 Å². The molecule has 0 fully saturated rings. The van der Waals surface area contributed by atoms with Gasteiger partial charge in [0.15, 0.2) is 0 Å². The van der Waals surface area contributed by atoms with Crippen molar-refractivity contribution in [3.05, 3.63) is 4.91 Å². The molecule has 0 rings (SSSR count). The van der Waals surface area contributed by atoms with Crippen molar-refractivity contribution >= 4 is 0 Å². The predicted octanol–water partition coefficient (Wildman–Crippen LogP) is -1.08. The highest BCUT2D eigenvalue weighted by Crippen LogP contribution is 1.64. The van der Waals surface area contributed by atoms with E-state index in [1.54, 1.807) is 0 Å². The van der Waals surface area contributed by atoms with Crippen molar-refractivity contribution in [2.75, 3.05) is 39.3 Å². The Hall–Kier alpha value is -0.520. The van der Waals surface area contributed by atoms with Crippen LogP contribution in [-0.2, 0) is 0 Å². The van der Waals surface area contributed by atoms with Gasteiger partial charge in [0.1, 0.15) is 0 Å². The van der Waals surface area contributed by atoms with E-state index in [0.29, 0.717) is 19.6 Å². The number of nitrogens with zero attached hydrogens (tertiary/aromatic N) is 1. The molecule has 5 nitrogen and oxygen atoms in total. The summed E-state index contributed by atoms with van der Waals surface area (Å²) in [6.07, 6.45) is 0. The van der Waals surface area contributed by atoms with Crippen LogP contribution < -0.4 is 10.6 Å². The fraction of sp³-hybridized carbons (Fsp3) is 1.00. The van der Waals surface area contributed by atoms with Gasteiger partial charge in [-0.05, 0) is 0 Å².